The Morgan fingerprint density at radius 2 is 2.26 bits per heavy atom. The second-order valence-corrected chi connectivity index (χ2v) is 5.10. The monoisotopic (exact) mass is 267 g/mol. The van der Waals surface area contributed by atoms with Crippen LogP contribution in [0.15, 0.2) is 12.1 Å². The molecule has 2 atom stereocenters. The third kappa shape index (κ3) is 3.20. The zero-order chi connectivity index (χ0) is 14.0. The Labute approximate surface area is 111 Å². The molecule has 1 aliphatic heterocycles. The fraction of sp³-hybridized carbons (Fsp3) is 0.538. The molecule has 0 spiro atoms. The fourth-order valence-electron chi connectivity index (χ4n) is 2.42. The molecule has 1 aromatic carbocycles. The van der Waals surface area contributed by atoms with Gasteiger partial charge in [-0.25, -0.2) is 4.39 Å². The maximum Gasteiger partial charge on any atom is 0.295 e. The SMILES string of the molecule is Cc1cc(NC2CCNC(C)C2)c([N+](=O)[O-])cc1F. The first-order valence-electron chi connectivity index (χ1n) is 6.42. The summed E-state index contributed by atoms with van der Waals surface area (Å²) in [7, 11) is 0. The highest BCUT2D eigenvalue weighted by atomic mass is 19.1. The molecule has 1 saturated heterocycles. The van der Waals surface area contributed by atoms with Gasteiger partial charge in [-0.05, 0) is 44.9 Å². The highest BCUT2D eigenvalue weighted by Crippen LogP contribution is 2.29. The third-order valence-electron chi connectivity index (χ3n) is 3.46. The van der Waals surface area contributed by atoms with Crippen LogP contribution in [0.5, 0.6) is 0 Å². The van der Waals surface area contributed by atoms with Crippen molar-refractivity contribution < 1.29 is 9.31 Å². The lowest BCUT2D eigenvalue weighted by atomic mass is 10.00. The molecule has 1 heterocycles. The third-order valence-corrected chi connectivity index (χ3v) is 3.46. The summed E-state index contributed by atoms with van der Waals surface area (Å²) >= 11 is 0. The molecule has 0 amide bonds. The van der Waals surface area contributed by atoms with Gasteiger partial charge >= 0.3 is 0 Å². The van der Waals surface area contributed by atoms with E-state index in [0.29, 0.717) is 17.3 Å². The van der Waals surface area contributed by atoms with E-state index in [1.165, 1.54) is 6.07 Å². The number of nitro groups is 1. The number of piperidine rings is 1. The van der Waals surface area contributed by atoms with E-state index in [2.05, 4.69) is 17.6 Å². The average Bonchev–Trinajstić information content (AvgIpc) is 2.33. The molecule has 1 aliphatic rings. The lowest BCUT2D eigenvalue weighted by molar-refractivity contribution is -0.384. The molecule has 0 bridgehead atoms. The maximum absolute atomic E-state index is 13.4. The second kappa shape index (κ2) is 5.52. The number of halogens is 1. The van der Waals surface area contributed by atoms with E-state index in [4.69, 9.17) is 0 Å². The van der Waals surface area contributed by atoms with Crippen LogP contribution in [0.1, 0.15) is 25.3 Å². The Bertz CT molecular complexity index is 493. The molecule has 19 heavy (non-hydrogen) atoms. The first kappa shape index (κ1) is 13.7. The van der Waals surface area contributed by atoms with Crippen LogP contribution in [-0.4, -0.2) is 23.6 Å². The minimum absolute atomic E-state index is 0.180. The van der Waals surface area contributed by atoms with Gasteiger partial charge in [0, 0.05) is 12.1 Å². The molecule has 0 radical (unpaired) electrons. The average molecular weight is 267 g/mol. The molecule has 0 aromatic heterocycles. The van der Waals surface area contributed by atoms with E-state index in [-0.39, 0.29) is 11.7 Å². The molecule has 2 unspecified atom stereocenters. The molecule has 0 aliphatic carbocycles. The zero-order valence-corrected chi connectivity index (χ0v) is 11.1. The van der Waals surface area contributed by atoms with Gasteiger partial charge in [-0.3, -0.25) is 10.1 Å². The Balaban J connectivity index is 2.23. The highest BCUT2D eigenvalue weighted by molar-refractivity contribution is 5.63. The number of nitro benzene ring substituents is 1. The van der Waals surface area contributed by atoms with Gasteiger partial charge in [-0.2, -0.15) is 0 Å². The van der Waals surface area contributed by atoms with Crippen molar-refractivity contribution in [2.75, 3.05) is 11.9 Å². The van der Waals surface area contributed by atoms with Crippen LogP contribution in [0.4, 0.5) is 15.8 Å². The number of hydrogen-bond acceptors (Lipinski definition) is 4. The van der Waals surface area contributed by atoms with Gasteiger partial charge < -0.3 is 10.6 Å². The molecule has 1 aromatic rings. The standard InChI is InChI=1S/C13H18FN3O2/c1-8-5-12(13(17(18)19)7-11(8)14)16-10-3-4-15-9(2)6-10/h5,7,9-10,15-16H,3-4,6H2,1-2H3. The maximum atomic E-state index is 13.4. The van der Waals surface area contributed by atoms with E-state index in [1.807, 2.05) is 0 Å². The topological polar surface area (TPSA) is 67.2 Å². The second-order valence-electron chi connectivity index (χ2n) is 5.10. The van der Waals surface area contributed by atoms with Crippen LogP contribution in [0.2, 0.25) is 0 Å². The predicted molar refractivity (Wildman–Crippen MR) is 71.9 cm³/mol. The van der Waals surface area contributed by atoms with Crippen molar-refractivity contribution in [1.29, 1.82) is 0 Å². The molecule has 2 rings (SSSR count). The summed E-state index contributed by atoms with van der Waals surface area (Å²) < 4.78 is 13.4. The van der Waals surface area contributed by atoms with Gasteiger partial charge in [-0.15, -0.1) is 0 Å². The van der Waals surface area contributed by atoms with Crippen LogP contribution in [0.25, 0.3) is 0 Å². The van der Waals surface area contributed by atoms with Gasteiger partial charge in [0.2, 0.25) is 0 Å². The summed E-state index contributed by atoms with van der Waals surface area (Å²) in [5, 5.41) is 17.5. The van der Waals surface area contributed by atoms with Crippen molar-refractivity contribution in [1.82, 2.24) is 5.32 Å². The van der Waals surface area contributed by atoms with Gasteiger partial charge in [0.1, 0.15) is 11.5 Å². The number of nitrogens with one attached hydrogen (secondary N) is 2. The van der Waals surface area contributed by atoms with E-state index >= 15 is 0 Å². The van der Waals surface area contributed by atoms with E-state index < -0.39 is 10.7 Å². The van der Waals surface area contributed by atoms with Gasteiger partial charge in [-0.1, -0.05) is 0 Å². The number of nitrogens with zero attached hydrogens (tertiary/aromatic N) is 1. The van der Waals surface area contributed by atoms with Gasteiger partial charge in [0.25, 0.3) is 5.69 Å². The molecular weight excluding hydrogens is 249 g/mol. The van der Waals surface area contributed by atoms with Crippen LogP contribution in [0.3, 0.4) is 0 Å². The summed E-state index contributed by atoms with van der Waals surface area (Å²) in [5.41, 5.74) is 0.618. The first-order chi connectivity index (χ1) is 8.97. The quantitative estimate of drug-likeness (QED) is 0.652. The van der Waals surface area contributed by atoms with Crippen LogP contribution in [0, 0.1) is 22.9 Å². The number of hydrogen-bond donors (Lipinski definition) is 2. The molecule has 1 fully saturated rings. The Morgan fingerprint density at radius 1 is 1.53 bits per heavy atom. The van der Waals surface area contributed by atoms with E-state index in [9.17, 15) is 14.5 Å². The summed E-state index contributed by atoms with van der Waals surface area (Å²) in [4.78, 5) is 10.4. The summed E-state index contributed by atoms with van der Waals surface area (Å²) in [6.07, 6.45) is 1.80. The smallest absolute Gasteiger partial charge is 0.295 e. The number of aryl methyl sites for hydroxylation is 1. The number of benzene rings is 1. The number of anilines is 1. The van der Waals surface area contributed by atoms with Gasteiger partial charge in [0.05, 0.1) is 11.0 Å². The predicted octanol–water partition coefficient (Wildman–Crippen LogP) is 2.59. The molecule has 6 heteroatoms. The number of rotatable bonds is 3. The van der Waals surface area contributed by atoms with E-state index in [1.54, 1.807) is 6.92 Å². The minimum atomic E-state index is -0.546. The minimum Gasteiger partial charge on any atom is -0.377 e. The van der Waals surface area contributed by atoms with Crippen molar-refractivity contribution in [3.63, 3.8) is 0 Å². The Kier molecular flexibility index (Phi) is 3.99. The normalized spacial score (nSPS) is 23.1. The largest absolute Gasteiger partial charge is 0.377 e. The summed E-state index contributed by atoms with van der Waals surface area (Å²) in [6, 6.07) is 3.06. The lowest BCUT2D eigenvalue weighted by Crippen LogP contribution is -2.41. The van der Waals surface area contributed by atoms with Crippen molar-refractivity contribution in [2.24, 2.45) is 0 Å². The van der Waals surface area contributed by atoms with Crippen LogP contribution >= 0.6 is 0 Å². The van der Waals surface area contributed by atoms with E-state index in [0.717, 1.165) is 25.5 Å². The summed E-state index contributed by atoms with van der Waals surface area (Å²) in [5.74, 6) is -0.545. The van der Waals surface area contributed by atoms with Crippen molar-refractivity contribution >= 4 is 11.4 Å². The Morgan fingerprint density at radius 3 is 2.89 bits per heavy atom. The highest BCUT2D eigenvalue weighted by Gasteiger charge is 2.23. The molecule has 0 saturated carbocycles. The molecule has 5 nitrogen and oxygen atoms in total. The van der Waals surface area contributed by atoms with Crippen LogP contribution < -0.4 is 10.6 Å². The van der Waals surface area contributed by atoms with Crippen molar-refractivity contribution in [3.05, 3.63) is 33.6 Å². The summed E-state index contributed by atoms with van der Waals surface area (Å²) in [6.45, 7) is 4.57. The molecule has 104 valence electrons. The van der Waals surface area contributed by atoms with Crippen molar-refractivity contribution in [2.45, 2.75) is 38.8 Å². The first-order valence-corrected chi connectivity index (χ1v) is 6.42. The van der Waals surface area contributed by atoms with Gasteiger partial charge in [0.15, 0.2) is 0 Å². The van der Waals surface area contributed by atoms with Crippen molar-refractivity contribution in [3.8, 4) is 0 Å². The molecular formula is C13H18FN3O2. The fourth-order valence-corrected chi connectivity index (χ4v) is 2.42. The molecule has 2 N–H and O–H groups in total. The zero-order valence-electron chi connectivity index (χ0n) is 11.1. The van der Waals surface area contributed by atoms with Crippen LogP contribution in [-0.2, 0) is 0 Å². The Hall–Kier alpha value is -1.69. The lowest BCUT2D eigenvalue weighted by Gasteiger charge is -2.29.